The Labute approximate surface area is 595 Å². The van der Waals surface area contributed by atoms with E-state index in [-0.39, 0.29) is 69.2 Å². The molecule has 14 N–H and O–H groups in total. The minimum Gasteiger partial charge on any atom is -0.508 e. The fraction of sp³-hybridized carbons (Fsp3) is 0.416. The van der Waals surface area contributed by atoms with Gasteiger partial charge in [-0.05, 0) is 109 Å². The van der Waals surface area contributed by atoms with Gasteiger partial charge in [0, 0.05) is 51.6 Å². The number of nitrogens with two attached hydrogens (primary N) is 1. The lowest BCUT2D eigenvalue weighted by Gasteiger charge is -2.31. The van der Waals surface area contributed by atoms with Crippen LogP contribution in [0.3, 0.4) is 0 Å². The molecule has 25 heteroatoms. The summed E-state index contributed by atoms with van der Waals surface area (Å²) < 4.78 is 0. The summed E-state index contributed by atoms with van der Waals surface area (Å²) >= 11 is 0. The Morgan fingerprint density at radius 1 is 0.461 bits per heavy atom. The lowest BCUT2D eigenvalue weighted by Crippen LogP contribution is -2.61. The standard InChI is InChI=1S/C77H98N12O13/c1-47(2)39-65(77(102)89-38-20-30-67(89)76(101)80-49(5)68(78)93)87-73(98)62(42-52-23-12-8-13-24-52)83-69(94)59(29-18-19-37-79-48(3)4)82-71(96)64(44-54-32-35-58(92)36-33-54)86-75(100)66(46-90)88-74(99)63(43-53-25-14-9-15-26-53)85-72(97)61(41-51-21-10-7-11-22-51)84-70(95)60(81-50(6)91)45-55-31-34-56-27-16-17-28-57(56)40-55/h7-17,21-28,31-36,40,47-49,59-67,79,90,92H,18-20,29-30,37-39,41-46H2,1-6H3,(H2,78,93)(H,80,101)(H,81,91)(H,82,96)(H,83,94)(H,84,95)(H,85,97)(H,86,100)(H,87,98)(H,88,99)/t49-,59-,60-,61-,62-,63-,64-,65-,66-,67+/m0/s1. The molecule has 544 valence electrons. The first-order valence-electron chi connectivity index (χ1n) is 34.9. The van der Waals surface area contributed by atoms with E-state index in [0.717, 1.165) is 16.3 Å². The first-order valence-corrected chi connectivity index (χ1v) is 34.9. The van der Waals surface area contributed by atoms with Crippen LogP contribution in [0.2, 0.25) is 0 Å². The average Bonchev–Trinajstić information content (AvgIpc) is 1.37. The quantitative estimate of drug-likeness (QED) is 0.0248. The number of aromatic hydroxyl groups is 1. The highest BCUT2D eigenvalue weighted by Crippen LogP contribution is 2.23. The first kappa shape index (κ1) is 78.8. The number of nitrogens with one attached hydrogen (secondary N) is 10. The Morgan fingerprint density at radius 2 is 0.863 bits per heavy atom. The number of benzene rings is 6. The number of unbranched alkanes of at least 4 members (excludes halogenated alkanes) is 1. The highest BCUT2D eigenvalue weighted by Gasteiger charge is 2.40. The fourth-order valence-corrected chi connectivity index (χ4v) is 12.1. The van der Waals surface area contributed by atoms with E-state index >= 15 is 9.59 Å². The summed E-state index contributed by atoms with van der Waals surface area (Å²) in [4.78, 5) is 157. The molecule has 0 bridgehead atoms. The number of aliphatic hydroxyl groups excluding tert-OH is 1. The van der Waals surface area contributed by atoms with E-state index in [2.05, 4.69) is 53.2 Å². The maximum atomic E-state index is 15.1. The van der Waals surface area contributed by atoms with Gasteiger partial charge in [-0.3, -0.25) is 52.7 Å². The van der Waals surface area contributed by atoms with Gasteiger partial charge in [0.05, 0.1) is 6.61 Å². The SMILES string of the molecule is CC(=O)N[C@@H](Cc1ccc2ccccc2c1)C(=O)N[C@@H](Cc1ccccc1)C(=O)N[C@@H](Cc1ccccc1)C(=O)N[C@@H](CO)C(=O)N[C@@H](Cc1ccc(O)cc1)C(=O)N[C@@H](CCCCNC(C)C)C(=O)N[C@@H](Cc1ccccc1)C(=O)N[C@@H](CC(C)C)C(=O)N1CCC[C@@H]1C(=O)N[C@@H](C)C(N)=O. The Bertz CT molecular complexity index is 3810. The molecule has 0 spiro atoms. The molecule has 0 aliphatic carbocycles. The monoisotopic (exact) mass is 1400 g/mol. The number of phenols is 1. The largest absolute Gasteiger partial charge is 0.508 e. The third kappa shape index (κ3) is 25.0. The minimum absolute atomic E-state index is 0.0269. The van der Waals surface area contributed by atoms with Gasteiger partial charge in [-0.15, -0.1) is 0 Å². The summed E-state index contributed by atoms with van der Waals surface area (Å²) in [5.74, 6) is -8.47. The Balaban J connectivity index is 1.13. The first-order chi connectivity index (χ1) is 48.8. The van der Waals surface area contributed by atoms with Crippen molar-refractivity contribution >= 4 is 75.8 Å². The van der Waals surface area contributed by atoms with Crippen molar-refractivity contribution in [3.63, 3.8) is 0 Å². The van der Waals surface area contributed by atoms with Crippen molar-refractivity contribution in [2.75, 3.05) is 19.7 Å². The number of fused-ring (bicyclic) bond motifs is 1. The van der Waals surface area contributed by atoms with Crippen LogP contribution >= 0.6 is 0 Å². The highest BCUT2D eigenvalue weighted by molar-refractivity contribution is 5.99. The smallest absolute Gasteiger partial charge is 0.245 e. The van der Waals surface area contributed by atoms with E-state index in [4.69, 9.17) is 5.73 Å². The van der Waals surface area contributed by atoms with Gasteiger partial charge in [0.25, 0.3) is 0 Å². The van der Waals surface area contributed by atoms with Gasteiger partial charge in [0.15, 0.2) is 0 Å². The molecular formula is C77H98N12O13. The van der Waals surface area contributed by atoms with Crippen LogP contribution in [-0.2, 0) is 84.8 Å². The second-order valence-electron chi connectivity index (χ2n) is 26.7. The maximum Gasteiger partial charge on any atom is 0.245 e. The third-order valence-electron chi connectivity index (χ3n) is 17.6. The molecule has 1 aliphatic heterocycles. The number of hydrogen-bond donors (Lipinski definition) is 13. The molecule has 10 atom stereocenters. The van der Waals surface area contributed by atoms with E-state index in [0.29, 0.717) is 54.5 Å². The van der Waals surface area contributed by atoms with Crippen molar-refractivity contribution in [2.24, 2.45) is 11.7 Å². The number of amides is 11. The Morgan fingerprint density at radius 3 is 1.32 bits per heavy atom. The zero-order chi connectivity index (χ0) is 73.8. The van der Waals surface area contributed by atoms with E-state index in [1.54, 1.807) is 91.0 Å². The van der Waals surface area contributed by atoms with Gasteiger partial charge in [-0.2, -0.15) is 0 Å². The van der Waals surface area contributed by atoms with Gasteiger partial charge in [-0.25, -0.2) is 0 Å². The summed E-state index contributed by atoms with van der Waals surface area (Å²) in [6.07, 6.45) is 1.42. The van der Waals surface area contributed by atoms with Crippen LogP contribution in [0, 0.1) is 5.92 Å². The van der Waals surface area contributed by atoms with E-state index in [1.807, 2.05) is 70.2 Å². The number of carbonyl (C=O) groups excluding carboxylic acids is 11. The number of nitrogens with zero attached hydrogens (tertiary/aromatic N) is 1. The average molecular weight is 1400 g/mol. The fourth-order valence-electron chi connectivity index (χ4n) is 12.1. The van der Waals surface area contributed by atoms with E-state index < -0.39 is 132 Å². The molecule has 1 heterocycles. The number of phenolic OH excluding ortho intramolecular Hbond substituents is 1. The van der Waals surface area contributed by atoms with Crippen LogP contribution in [0.4, 0.5) is 0 Å². The Kier molecular flexibility index (Phi) is 30.5. The number of aliphatic hydroxyl groups is 1. The molecule has 6 aromatic carbocycles. The summed E-state index contributed by atoms with van der Waals surface area (Å²) in [6, 6.07) is 32.5. The van der Waals surface area contributed by atoms with Crippen LogP contribution in [0.1, 0.15) is 108 Å². The second kappa shape index (κ2) is 39.5. The number of likely N-dealkylation sites (tertiary alicyclic amines) is 1. The van der Waals surface area contributed by atoms with Crippen LogP contribution in [0.25, 0.3) is 10.8 Å². The number of hydrogen-bond acceptors (Lipinski definition) is 14. The summed E-state index contributed by atoms with van der Waals surface area (Å²) in [6.45, 7) is 10.1. The highest BCUT2D eigenvalue weighted by atomic mass is 16.3. The van der Waals surface area contributed by atoms with Crippen LogP contribution in [-0.4, -0.2) is 166 Å². The van der Waals surface area contributed by atoms with Crippen molar-refractivity contribution in [2.45, 2.75) is 179 Å². The van der Waals surface area contributed by atoms with E-state index in [9.17, 15) is 53.4 Å². The molecule has 0 saturated carbocycles. The number of rotatable bonds is 38. The predicted octanol–water partition coefficient (Wildman–Crippen LogP) is 3.14. The molecule has 1 saturated heterocycles. The molecule has 0 aromatic heterocycles. The van der Waals surface area contributed by atoms with Crippen LogP contribution in [0.5, 0.6) is 5.75 Å². The molecule has 11 amide bonds. The minimum atomic E-state index is -1.77. The predicted molar refractivity (Wildman–Crippen MR) is 386 cm³/mol. The molecule has 0 unspecified atom stereocenters. The topological polar surface area (TPSA) is 378 Å². The molecule has 1 fully saturated rings. The normalized spacial score (nSPS) is 15.4. The molecule has 1 aliphatic rings. The number of primary amides is 1. The van der Waals surface area contributed by atoms with Gasteiger partial charge < -0.3 is 74.0 Å². The maximum absolute atomic E-state index is 15.1. The zero-order valence-corrected chi connectivity index (χ0v) is 58.7. The third-order valence-corrected chi connectivity index (χ3v) is 17.6. The van der Waals surface area contributed by atoms with Crippen molar-refractivity contribution in [1.82, 2.24) is 58.1 Å². The van der Waals surface area contributed by atoms with Gasteiger partial charge in [0.1, 0.15) is 66.2 Å². The molecular weight excluding hydrogens is 1300 g/mol. The van der Waals surface area contributed by atoms with Crippen molar-refractivity contribution in [3.8, 4) is 5.75 Å². The number of carbonyl (C=O) groups is 11. The lowest BCUT2D eigenvalue weighted by atomic mass is 9.99. The van der Waals surface area contributed by atoms with Crippen molar-refractivity contribution in [3.05, 3.63) is 186 Å². The lowest BCUT2D eigenvalue weighted by molar-refractivity contribution is -0.142. The van der Waals surface area contributed by atoms with Gasteiger partial charge in [0.2, 0.25) is 65.0 Å². The summed E-state index contributed by atoms with van der Waals surface area (Å²) in [7, 11) is 0. The van der Waals surface area contributed by atoms with Crippen molar-refractivity contribution in [1.29, 1.82) is 0 Å². The van der Waals surface area contributed by atoms with Gasteiger partial charge in [-0.1, -0.05) is 173 Å². The van der Waals surface area contributed by atoms with Gasteiger partial charge >= 0.3 is 0 Å². The second-order valence-corrected chi connectivity index (χ2v) is 26.7. The molecule has 25 nitrogen and oxygen atoms in total. The molecule has 0 radical (unpaired) electrons. The summed E-state index contributed by atoms with van der Waals surface area (Å²) in [5, 5.41) is 51.1. The molecule has 6 aromatic rings. The van der Waals surface area contributed by atoms with Crippen molar-refractivity contribution < 1.29 is 63.0 Å². The van der Waals surface area contributed by atoms with Crippen LogP contribution < -0.4 is 58.9 Å². The molecule has 7 rings (SSSR count). The van der Waals surface area contributed by atoms with Crippen LogP contribution in [0.15, 0.2) is 158 Å². The summed E-state index contributed by atoms with van der Waals surface area (Å²) in [5.41, 5.74) is 8.47. The molecule has 102 heavy (non-hydrogen) atoms. The Hall–Kier alpha value is -10.5. The zero-order valence-electron chi connectivity index (χ0n) is 58.7. The van der Waals surface area contributed by atoms with E-state index in [1.165, 1.54) is 43.0 Å².